The van der Waals surface area contributed by atoms with Gasteiger partial charge in [-0.2, -0.15) is 5.26 Å². The van der Waals surface area contributed by atoms with E-state index in [4.69, 9.17) is 10.00 Å². The molecule has 2 rings (SSSR count). The third kappa shape index (κ3) is 3.79. The zero-order chi connectivity index (χ0) is 13.8. The molecule has 0 amide bonds. The van der Waals surface area contributed by atoms with Gasteiger partial charge in [0, 0.05) is 4.47 Å². The molecular weight excluding hydrogens is 377 g/mol. The second kappa shape index (κ2) is 6.18. The first kappa shape index (κ1) is 14.0. The Labute approximate surface area is 127 Å². The molecular formula is C14H8Br2FNO. The molecule has 2 aromatic rings. The van der Waals surface area contributed by atoms with Crippen LogP contribution in [-0.4, -0.2) is 0 Å². The zero-order valence-electron chi connectivity index (χ0n) is 9.66. The second-order valence-electron chi connectivity index (χ2n) is 3.82. The van der Waals surface area contributed by atoms with Crippen molar-refractivity contribution in [3.05, 3.63) is 62.3 Å². The molecule has 5 heteroatoms. The third-order valence-electron chi connectivity index (χ3n) is 2.37. The van der Waals surface area contributed by atoms with Crippen LogP contribution in [0.5, 0.6) is 5.75 Å². The van der Waals surface area contributed by atoms with Crippen LogP contribution in [0.25, 0.3) is 0 Å². The number of benzene rings is 2. The number of nitrogens with zero attached hydrogens (tertiary/aromatic N) is 1. The van der Waals surface area contributed by atoms with Crippen molar-refractivity contribution in [2.75, 3.05) is 0 Å². The van der Waals surface area contributed by atoms with Crippen LogP contribution in [0.3, 0.4) is 0 Å². The van der Waals surface area contributed by atoms with Gasteiger partial charge in [-0.15, -0.1) is 0 Å². The summed E-state index contributed by atoms with van der Waals surface area (Å²) >= 11 is 6.73. The standard InChI is InChI=1S/C14H8Br2FNO/c15-11-1-2-14(13(16)6-11)19-8-10-3-9(7-18)4-12(17)5-10/h1-6H,8H2. The Hall–Kier alpha value is -1.38. The summed E-state index contributed by atoms with van der Waals surface area (Å²) in [6.45, 7) is 0.201. The van der Waals surface area contributed by atoms with E-state index in [2.05, 4.69) is 31.9 Å². The van der Waals surface area contributed by atoms with Gasteiger partial charge in [-0.3, -0.25) is 0 Å². The molecule has 0 radical (unpaired) electrons. The van der Waals surface area contributed by atoms with E-state index in [1.807, 2.05) is 18.2 Å². The van der Waals surface area contributed by atoms with Gasteiger partial charge in [0.25, 0.3) is 0 Å². The molecule has 0 aliphatic carbocycles. The number of nitriles is 1. The first-order valence-electron chi connectivity index (χ1n) is 5.36. The third-order valence-corrected chi connectivity index (χ3v) is 3.49. The summed E-state index contributed by atoms with van der Waals surface area (Å²) in [6.07, 6.45) is 0. The molecule has 2 aromatic carbocycles. The lowest BCUT2D eigenvalue weighted by atomic mass is 10.1. The molecule has 0 atom stereocenters. The number of hydrogen-bond acceptors (Lipinski definition) is 2. The number of ether oxygens (including phenoxy) is 1. The highest BCUT2D eigenvalue weighted by atomic mass is 79.9. The fraction of sp³-hybridized carbons (Fsp3) is 0.0714. The Morgan fingerprint density at radius 1 is 1.16 bits per heavy atom. The highest BCUT2D eigenvalue weighted by Gasteiger charge is 2.04. The van der Waals surface area contributed by atoms with E-state index >= 15 is 0 Å². The zero-order valence-corrected chi connectivity index (χ0v) is 12.8. The van der Waals surface area contributed by atoms with Crippen molar-refractivity contribution in [3.63, 3.8) is 0 Å². The fourth-order valence-corrected chi connectivity index (χ4v) is 2.71. The van der Waals surface area contributed by atoms with Crippen LogP contribution in [0.2, 0.25) is 0 Å². The van der Waals surface area contributed by atoms with E-state index in [1.165, 1.54) is 12.1 Å². The van der Waals surface area contributed by atoms with E-state index in [0.29, 0.717) is 11.3 Å². The molecule has 96 valence electrons. The summed E-state index contributed by atoms with van der Waals surface area (Å²) < 4.78 is 20.6. The number of rotatable bonds is 3. The summed E-state index contributed by atoms with van der Waals surface area (Å²) in [4.78, 5) is 0. The molecule has 0 saturated carbocycles. The van der Waals surface area contributed by atoms with Crippen molar-refractivity contribution < 1.29 is 9.13 Å². The topological polar surface area (TPSA) is 33.0 Å². The summed E-state index contributed by atoms with van der Waals surface area (Å²) in [5, 5.41) is 8.78. The Bertz CT molecular complexity index is 652. The van der Waals surface area contributed by atoms with Gasteiger partial charge in [0.05, 0.1) is 16.1 Å². The lowest BCUT2D eigenvalue weighted by molar-refractivity contribution is 0.303. The van der Waals surface area contributed by atoms with Gasteiger partial charge < -0.3 is 4.74 Å². The molecule has 0 saturated heterocycles. The molecule has 0 bridgehead atoms. The average molecular weight is 385 g/mol. The lowest BCUT2D eigenvalue weighted by Gasteiger charge is -2.09. The van der Waals surface area contributed by atoms with Crippen LogP contribution in [-0.2, 0) is 6.61 Å². The summed E-state index contributed by atoms with van der Waals surface area (Å²) in [5.74, 6) is 0.221. The van der Waals surface area contributed by atoms with Crippen LogP contribution in [0, 0.1) is 17.1 Å². The molecule has 0 aromatic heterocycles. The average Bonchev–Trinajstić information content (AvgIpc) is 2.37. The molecule has 19 heavy (non-hydrogen) atoms. The van der Waals surface area contributed by atoms with Crippen molar-refractivity contribution in [2.45, 2.75) is 6.61 Å². The minimum absolute atomic E-state index is 0.201. The van der Waals surface area contributed by atoms with E-state index in [1.54, 1.807) is 12.1 Å². The van der Waals surface area contributed by atoms with Crippen molar-refractivity contribution >= 4 is 31.9 Å². The van der Waals surface area contributed by atoms with Crippen molar-refractivity contribution in [1.29, 1.82) is 5.26 Å². The van der Waals surface area contributed by atoms with Crippen LogP contribution in [0.15, 0.2) is 45.3 Å². The largest absolute Gasteiger partial charge is 0.488 e. The summed E-state index contributed by atoms with van der Waals surface area (Å²) in [7, 11) is 0. The normalized spacial score (nSPS) is 10.0. The lowest BCUT2D eigenvalue weighted by Crippen LogP contribution is -1.97. The van der Waals surface area contributed by atoms with Gasteiger partial charge >= 0.3 is 0 Å². The molecule has 0 heterocycles. The van der Waals surface area contributed by atoms with E-state index in [-0.39, 0.29) is 12.2 Å². The predicted octanol–water partition coefficient (Wildman–Crippen LogP) is 4.80. The minimum Gasteiger partial charge on any atom is -0.488 e. The van der Waals surface area contributed by atoms with E-state index in [9.17, 15) is 4.39 Å². The molecule has 0 fully saturated rings. The highest BCUT2D eigenvalue weighted by molar-refractivity contribution is 9.11. The SMILES string of the molecule is N#Cc1cc(F)cc(COc2ccc(Br)cc2Br)c1. The van der Waals surface area contributed by atoms with Gasteiger partial charge in [0.1, 0.15) is 18.2 Å². The smallest absolute Gasteiger partial charge is 0.134 e. The first-order chi connectivity index (χ1) is 9.08. The van der Waals surface area contributed by atoms with Crippen LogP contribution in [0.4, 0.5) is 4.39 Å². The van der Waals surface area contributed by atoms with Gasteiger partial charge in [0.15, 0.2) is 0 Å². The summed E-state index contributed by atoms with van der Waals surface area (Å²) in [6, 6.07) is 11.6. The Balaban J connectivity index is 2.14. The minimum atomic E-state index is -0.437. The van der Waals surface area contributed by atoms with Gasteiger partial charge in [-0.1, -0.05) is 15.9 Å². The quantitative estimate of drug-likeness (QED) is 0.761. The highest BCUT2D eigenvalue weighted by Crippen LogP contribution is 2.28. The van der Waals surface area contributed by atoms with Gasteiger partial charge in [-0.25, -0.2) is 4.39 Å². The maximum absolute atomic E-state index is 13.3. The van der Waals surface area contributed by atoms with Crippen LogP contribution >= 0.6 is 31.9 Å². The molecule has 0 unspecified atom stereocenters. The monoisotopic (exact) mass is 383 g/mol. The van der Waals surface area contributed by atoms with Gasteiger partial charge in [-0.05, 0) is 57.9 Å². The number of hydrogen-bond donors (Lipinski definition) is 0. The summed E-state index contributed by atoms with van der Waals surface area (Å²) in [5.41, 5.74) is 0.903. The van der Waals surface area contributed by atoms with Crippen LogP contribution in [0.1, 0.15) is 11.1 Å². The van der Waals surface area contributed by atoms with E-state index < -0.39 is 5.82 Å². The van der Waals surface area contributed by atoms with Crippen molar-refractivity contribution in [2.24, 2.45) is 0 Å². The van der Waals surface area contributed by atoms with E-state index in [0.717, 1.165) is 8.95 Å². The van der Waals surface area contributed by atoms with Crippen molar-refractivity contribution in [3.8, 4) is 11.8 Å². The fourth-order valence-electron chi connectivity index (χ4n) is 1.55. The maximum atomic E-state index is 13.3. The number of halogens is 3. The Morgan fingerprint density at radius 2 is 1.95 bits per heavy atom. The maximum Gasteiger partial charge on any atom is 0.134 e. The van der Waals surface area contributed by atoms with Gasteiger partial charge in [0.2, 0.25) is 0 Å². The van der Waals surface area contributed by atoms with Crippen molar-refractivity contribution in [1.82, 2.24) is 0 Å². The Morgan fingerprint density at radius 3 is 2.63 bits per heavy atom. The Kier molecular flexibility index (Phi) is 4.56. The molecule has 0 N–H and O–H groups in total. The second-order valence-corrected chi connectivity index (χ2v) is 5.59. The molecule has 0 spiro atoms. The molecule has 2 nitrogen and oxygen atoms in total. The predicted molar refractivity (Wildman–Crippen MR) is 77.3 cm³/mol. The molecule has 0 aliphatic heterocycles. The first-order valence-corrected chi connectivity index (χ1v) is 6.94. The van der Waals surface area contributed by atoms with Crippen LogP contribution < -0.4 is 4.74 Å². The molecule has 0 aliphatic rings.